The number of fused-ring (bicyclic) bond motifs is 2. The lowest BCUT2D eigenvalue weighted by atomic mass is 9.97. The van der Waals surface area contributed by atoms with Crippen LogP contribution in [-0.4, -0.2) is 59.7 Å². The molecule has 0 spiro atoms. The van der Waals surface area contributed by atoms with Crippen molar-refractivity contribution in [2.24, 2.45) is 5.92 Å². The largest absolute Gasteiger partial charge is 0.388 e. The Bertz CT molecular complexity index is 880. The third-order valence-corrected chi connectivity index (χ3v) is 6.01. The van der Waals surface area contributed by atoms with Crippen LogP contribution < -0.4 is 10.6 Å². The molecule has 5 atom stereocenters. The quantitative estimate of drug-likeness (QED) is 0.462. The minimum absolute atomic E-state index is 0.0512. The van der Waals surface area contributed by atoms with Gasteiger partial charge in [0.25, 0.3) is 0 Å². The maximum absolute atomic E-state index is 12.7. The highest BCUT2D eigenvalue weighted by molar-refractivity contribution is 5.95. The molecule has 9 nitrogen and oxygen atoms in total. The average Bonchev–Trinajstić information content (AvgIpc) is 3.00. The lowest BCUT2D eigenvalue weighted by molar-refractivity contribution is -0.120. The van der Waals surface area contributed by atoms with Crippen LogP contribution in [0.4, 0.5) is 5.82 Å². The second kappa shape index (κ2) is 7.07. The van der Waals surface area contributed by atoms with Crippen molar-refractivity contribution < 1.29 is 20.1 Å². The first kappa shape index (κ1) is 19.3. The van der Waals surface area contributed by atoms with Crippen molar-refractivity contribution in [3.63, 3.8) is 0 Å². The van der Waals surface area contributed by atoms with Gasteiger partial charge in [-0.3, -0.25) is 10.1 Å². The SMILES string of the molecule is CCCC(CCC)C(=O)Nc1ncnn2c([C@@H]3N[C@@H]4[C@H](O)[C@]4(O)[C@H]3O)ccc12. The third-order valence-electron chi connectivity index (χ3n) is 6.01. The van der Waals surface area contributed by atoms with Crippen LogP contribution >= 0.6 is 0 Å². The van der Waals surface area contributed by atoms with Gasteiger partial charge in [0.05, 0.1) is 17.8 Å². The van der Waals surface area contributed by atoms with Crippen molar-refractivity contribution in [1.82, 2.24) is 19.9 Å². The number of aromatic nitrogens is 3. The van der Waals surface area contributed by atoms with Gasteiger partial charge in [-0.1, -0.05) is 26.7 Å². The fourth-order valence-electron chi connectivity index (χ4n) is 4.37. The summed E-state index contributed by atoms with van der Waals surface area (Å²) >= 11 is 0. The second-order valence-electron chi connectivity index (χ2n) is 7.83. The summed E-state index contributed by atoms with van der Waals surface area (Å²) in [6, 6.07) is 2.42. The highest BCUT2D eigenvalue weighted by Gasteiger charge is 2.74. The van der Waals surface area contributed by atoms with Gasteiger partial charge in [0.15, 0.2) is 5.82 Å². The molecule has 1 saturated carbocycles. The number of hydrogen-bond acceptors (Lipinski definition) is 7. The molecular weight excluding hydrogens is 362 g/mol. The van der Waals surface area contributed by atoms with Gasteiger partial charge in [-0.2, -0.15) is 5.10 Å². The molecule has 1 amide bonds. The number of anilines is 1. The normalized spacial score (nSPS) is 31.4. The van der Waals surface area contributed by atoms with Gasteiger partial charge in [-0.15, -0.1) is 0 Å². The molecule has 2 aromatic rings. The molecule has 0 bridgehead atoms. The van der Waals surface area contributed by atoms with E-state index in [1.165, 1.54) is 6.33 Å². The van der Waals surface area contributed by atoms with E-state index >= 15 is 0 Å². The van der Waals surface area contributed by atoms with E-state index in [0.717, 1.165) is 25.7 Å². The fourth-order valence-corrected chi connectivity index (χ4v) is 4.37. The summed E-state index contributed by atoms with van der Waals surface area (Å²) in [5.74, 6) is 0.310. The minimum atomic E-state index is -1.52. The highest BCUT2D eigenvalue weighted by Crippen LogP contribution is 2.50. The van der Waals surface area contributed by atoms with Gasteiger partial charge in [-0.05, 0) is 25.0 Å². The van der Waals surface area contributed by atoms with Crippen LogP contribution in [-0.2, 0) is 4.79 Å². The van der Waals surface area contributed by atoms with E-state index < -0.39 is 29.9 Å². The molecule has 2 fully saturated rings. The van der Waals surface area contributed by atoms with Gasteiger partial charge in [0.1, 0.15) is 29.7 Å². The summed E-state index contributed by atoms with van der Waals surface area (Å²) < 4.78 is 1.60. The zero-order valence-corrected chi connectivity index (χ0v) is 16.0. The molecule has 28 heavy (non-hydrogen) atoms. The molecule has 0 unspecified atom stereocenters. The second-order valence-corrected chi connectivity index (χ2v) is 7.83. The van der Waals surface area contributed by atoms with Crippen LogP contribution in [0.25, 0.3) is 5.52 Å². The van der Waals surface area contributed by atoms with Gasteiger partial charge in [0, 0.05) is 5.92 Å². The summed E-state index contributed by atoms with van der Waals surface area (Å²) in [7, 11) is 0. The first-order chi connectivity index (χ1) is 13.4. The summed E-state index contributed by atoms with van der Waals surface area (Å²) in [4.78, 5) is 16.9. The van der Waals surface area contributed by atoms with Crippen molar-refractivity contribution in [2.75, 3.05) is 5.32 Å². The van der Waals surface area contributed by atoms with E-state index in [-0.39, 0.29) is 11.8 Å². The summed E-state index contributed by atoms with van der Waals surface area (Å²) in [6.45, 7) is 4.13. The summed E-state index contributed by atoms with van der Waals surface area (Å²) in [5.41, 5.74) is -0.279. The predicted molar refractivity (Wildman–Crippen MR) is 102 cm³/mol. The number of hydrogen-bond donors (Lipinski definition) is 5. The first-order valence-corrected chi connectivity index (χ1v) is 9.91. The number of carbonyl (C=O) groups is 1. The molecule has 152 valence electrons. The molecule has 1 aliphatic carbocycles. The van der Waals surface area contributed by atoms with Crippen molar-refractivity contribution in [1.29, 1.82) is 0 Å². The Morgan fingerprint density at radius 1 is 1.29 bits per heavy atom. The Morgan fingerprint density at radius 3 is 2.61 bits per heavy atom. The topological polar surface area (TPSA) is 132 Å². The Morgan fingerprint density at radius 2 is 2.00 bits per heavy atom. The number of aliphatic hydroxyl groups excluding tert-OH is 2. The maximum atomic E-state index is 12.7. The van der Waals surface area contributed by atoms with Crippen LogP contribution in [0.2, 0.25) is 0 Å². The first-order valence-electron chi connectivity index (χ1n) is 9.91. The van der Waals surface area contributed by atoms with Crippen molar-refractivity contribution in [2.45, 2.75) is 69.4 Å². The van der Waals surface area contributed by atoms with Crippen LogP contribution in [0, 0.1) is 5.92 Å². The van der Waals surface area contributed by atoms with Crippen LogP contribution in [0.15, 0.2) is 18.5 Å². The van der Waals surface area contributed by atoms with Crippen molar-refractivity contribution in [3.05, 3.63) is 24.2 Å². The molecule has 5 N–H and O–H groups in total. The zero-order valence-electron chi connectivity index (χ0n) is 16.0. The van der Waals surface area contributed by atoms with Gasteiger partial charge in [0.2, 0.25) is 5.91 Å². The number of amides is 1. The molecule has 1 saturated heterocycles. The summed E-state index contributed by atoms with van der Waals surface area (Å²) in [6.07, 6.45) is 2.76. The van der Waals surface area contributed by atoms with Gasteiger partial charge in [-0.25, -0.2) is 9.50 Å². The third kappa shape index (κ3) is 2.81. The smallest absolute Gasteiger partial charge is 0.228 e. The maximum Gasteiger partial charge on any atom is 0.228 e. The molecule has 2 aromatic heterocycles. The van der Waals surface area contributed by atoms with Gasteiger partial charge < -0.3 is 20.6 Å². The average molecular weight is 389 g/mol. The number of carbonyl (C=O) groups excluding carboxylic acids is 1. The summed E-state index contributed by atoms with van der Waals surface area (Å²) in [5, 5.41) is 40.7. The van der Waals surface area contributed by atoms with E-state index in [0.29, 0.717) is 17.0 Å². The fraction of sp³-hybridized carbons (Fsp3) is 0.632. The lowest BCUT2D eigenvalue weighted by Gasteiger charge is -2.21. The van der Waals surface area contributed by atoms with E-state index in [1.54, 1.807) is 16.6 Å². The van der Waals surface area contributed by atoms with Crippen molar-refractivity contribution >= 4 is 17.2 Å². The van der Waals surface area contributed by atoms with E-state index in [9.17, 15) is 20.1 Å². The highest BCUT2D eigenvalue weighted by atomic mass is 16.4. The van der Waals surface area contributed by atoms with Crippen LogP contribution in [0.1, 0.15) is 51.3 Å². The molecule has 1 aliphatic heterocycles. The number of nitrogens with one attached hydrogen (secondary N) is 2. The van der Waals surface area contributed by atoms with Crippen LogP contribution in [0.5, 0.6) is 0 Å². The minimum Gasteiger partial charge on any atom is -0.388 e. The molecule has 0 aromatic carbocycles. The van der Waals surface area contributed by atoms with Crippen molar-refractivity contribution in [3.8, 4) is 0 Å². The van der Waals surface area contributed by atoms with E-state index in [2.05, 4.69) is 34.6 Å². The molecule has 3 heterocycles. The standard InChI is InChI=1S/C19H27N5O4/c1-3-5-10(6-4-2)18(27)23-17-12-8-7-11(24(12)21-9-20-17)13-15(25)19(28)14(22-13)16(19)26/h7-10,13-16,22,25-26,28H,3-6H2,1-2H3,(H,20,21,23,27)/t13-,14+,15-,16-,19+/m0/s1. The number of aliphatic hydroxyl groups is 3. The number of piperidine rings is 1. The molecular formula is C19H27N5O4. The molecule has 2 aliphatic rings. The Hall–Kier alpha value is -2.07. The Balaban J connectivity index is 1.59. The number of nitrogens with zero attached hydrogens (tertiary/aromatic N) is 3. The molecule has 0 radical (unpaired) electrons. The molecule has 4 rings (SSSR count). The number of rotatable bonds is 7. The van der Waals surface area contributed by atoms with Gasteiger partial charge >= 0.3 is 0 Å². The lowest BCUT2D eigenvalue weighted by Crippen LogP contribution is -2.37. The Labute approximate surface area is 162 Å². The zero-order chi connectivity index (χ0) is 20.1. The Kier molecular flexibility index (Phi) is 4.86. The molecule has 9 heteroatoms. The van der Waals surface area contributed by atoms with Crippen LogP contribution in [0.3, 0.4) is 0 Å². The van der Waals surface area contributed by atoms with E-state index in [4.69, 9.17) is 0 Å². The monoisotopic (exact) mass is 389 g/mol. The predicted octanol–water partition coefficient (Wildman–Crippen LogP) is 0.364. The van der Waals surface area contributed by atoms with E-state index in [1.807, 2.05) is 0 Å².